The first-order valence-electron chi connectivity index (χ1n) is 7.85. The molecule has 1 aliphatic rings. The number of halogens is 1. The lowest BCUT2D eigenvalue weighted by molar-refractivity contribution is -0.223. The molecule has 0 saturated carbocycles. The highest BCUT2D eigenvalue weighted by Gasteiger charge is 2.33. The Balaban J connectivity index is 1.89. The van der Waals surface area contributed by atoms with Crippen molar-refractivity contribution in [1.29, 1.82) is 0 Å². The second-order valence-electron chi connectivity index (χ2n) is 5.83. The van der Waals surface area contributed by atoms with Gasteiger partial charge in [-0.3, -0.25) is 4.79 Å². The Morgan fingerprint density at radius 1 is 1.40 bits per heavy atom. The molecule has 4 N–H and O–H groups in total. The second kappa shape index (κ2) is 9.30. The molecule has 0 aliphatic carbocycles. The zero-order valence-electron chi connectivity index (χ0n) is 13.4. The van der Waals surface area contributed by atoms with Crippen molar-refractivity contribution in [1.82, 2.24) is 5.32 Å². The van der Waals surface area contributed by atoms with Gasteiger partial charge in [0.25, 0.3) is 0 Å². The van der Waals surface area contributed by atoms with Crippen molar-refractivity contribution in [3.8, 4) is 0 Å². The van der Waals surface area contributed by atoms with E-state index in [9.17, 15) is 19.2 Å². The number of carboxylic acids is 1. The summed E-state index contributed by atoms with van der Waals surface area (Å²) >= 11 is 0. The van der Waals surface area contributed by atoms with Crippen molar-refractivity contribution in [2.75, 3.05) is 12.1 Å². The Kier molecular flexibility index (Phi) is 7.11. The molecule has 4 unspecified atom stereocenters. The van der Waals surface area contributed by atoms with Gasteiger partial charge in [0.15, 0.2) is 12.4 Å². The van der Waals surface area contributed by atoms with Crippen LogP contribution in [0.5, 0.6) is 0 Å². The molecule has 0 aromatic heterocycles. The number of hydrogen-bond donors (Lipinski definition) is 4. The lowest BCUT2D eigenvalue weighted by Gasteiger charge is -2.31. The summed E-state index contributed by atoms with van der Waals surface area (Å²) in [4.78, 5) is 21.8. The van der Waals surface area contributed by atoms with Crippen molar-refractivity contribution in [2.45, 2.75) is 43.8 Å². The average molecular weight is 356 g/mol. The number of carboxylic acid groups (broad SMARTS) is 1. The highest BCUT2D eigenvalue weighted by atomic mass is 19.2. The molecule has 1 heterocycles. The molecule has 0 spiro atoms. The molecule has 138 valence electrons. The van der Waals surface area contributed by atoms with Crippen LogP contribution in [-0.4, -0.2) is 53.7 Å². The van der Waals surface area contributed by atoms with Crippen LogP contribution < -0.4 is 10.9 Å². The summed E-state index contributed by atoms with van der Waals surface area (Å²) in [5.41, 5.74) is 2.71. The van der Waals surface area contributed by atoms with Crippen molar-refractivity contribution < 1.29 is 33.8 Å². The first-order valence-corrected chi connectivity index (χ1v) is 7.85. The number of carbonyl (C=O) groups is 2. The Bertz CT molecular complexity index is 570. The molecule has 4 atom stereocenters. The fourth-order valence-electron chi connectivity index (χ4n) is 2.60. The predicted octanol–water partition coefficient (Wildman–Crippen LogP) is 0.607. The third kappa shape index (κ3) is 5.96. The van der Waals surface area contributed by atoms with E-state index in [1.165, 1.54) is 5.54 Å². The topological polar surface area (TPSA) is 117 Å². The minimum absolute atomic E-state index is 0.0141. The first-order chi connectivity index (χ1) is 12.0. The number of anilines is 1. The van der Waals surface area contributed by atoms with Crippen molar-refractivity contribution >= 4 is 18.1 Å². The smallest absolute Gasteiger partial charge is 0.333 e. The van der Waals surface area contributed by atoms with Crippen LogP contribution in [0.25, 0.3) is 0 Å². The Morgan fingerprint density at radius 2 is 2.12 bits per heavy atom. The average Bonchev–Trinajstić information content (AvgIpc) is 2.60. The second-order valence-corrected chi connectivity index (χ2v) is 5.83. The van der Waals surface area contributed by atoms with E-state index in [0.29, 0.717) is 18.5 Å². The van der Waals surface area contributed by atoms with Gasteiger partial charge in [0.05, 0.1) is 24.4 Å². The molecule has 8 nitrogen and oxygen atoms in total. The number of ether oxygens (including phenoxy) is 2. The number of aliphatic hydroxyl groups is 1. The van der Waals surface area contributed by atoms with Crippen LogP contribution in [0, 0.1) is 0 Å². The van der Waals surface area contributed by atoms with E-state index in [2.05, 4.69) is 5.32 Å². The van der Waals surface area contributed by atoms with Crippen LogP contribution in [0.3, 0.4) is 0 Å². The molecule has 1 aliphatic heterocycles. The number of hydrogen-bond acceptors (Lipinski definition) is 6. The van der Waals surface area contributed by atoms with Gasteiger partial charge in [-0.05, 0) is 24.1 Å². The number of nitrogens with one attached hydrogen (secondary N) is 2. The molecular formula is C16H21FN2O6. The van der Waals surface area contributed by atoms with Gasteiger partial charge in [-0.1, -0.05) is 12.1 Å². The summed E-state index contributed by atoms with van der Waals surface area (Å²) in [6.07, 6.45) is -1.65. The fourth-order valence-corrected chi connectivity index (χ4v) is 2.60. The monoisotopic (exact) mass is 356 g/mol. The molecule has 2 rings (SSSR count). The minimum atomic E-state index is -1.16. The predicted molar refractivity (Wildman–Crippen MR) is 85.4 cm³/mol. The van der Waals surface area contributed by atoms with Crippen LogP contribution in [0.4, 0.5) is 10.2 Å². The van der Waals surface area contributed by atoms with E-state index in [-0.39, 0.29) is 25.5 Å². The van der Waals surface area contributed by atoms with E-state index >= 15 is 0 Å². The maximum absolute atomic E-state index is 12.3. The molecule has 1 amide bonds. The Morgan fingerprint density at radius 3 is 2.72 bits per heavy atom. The van der Waals surface area contributed by atoms with Gasteiger partial charge in [0, 0.05) is 12.8 Å². The highest BCUT2D eigenvalue weighted by Crippen LogP contribution is 2.21. The molecule has 1 saturated heterocycles. The van der Waals surface area contributed by atoms with E-state index in [1.54, 1.807) is 24.3 Å². The zero-order valence-corrected chi connectivity index (χ0v) is 13.4. The van der Waals surface area contributed by atoms with Gasteiger partial charge in [0.1, 0.15) is 0 Å². The van der Waals surface area contributed by atoms with Crippen molar-refractivity contribution in [3.63, 3.8) is 0 Å². The number of rotatable bonds is 9. The van der Waals surface area contributed by atoms with E-state index in [1.807, 2.05) is 0 Å². The van der Waals surface area contributed by atoms with E-state index in [4.69, 9.17) is 14.6 Å². The highest BCUT2D eigenvalue weighted by molar-refractivity contribution is 5.72. The van der Waals surface area contributed by atoms with Crippen LogP contribution in [0.15, 0.2) is 24.3 Å². The van der Waals surface area contributed by atoms with Crippen LogP contribution in [0.1, 0.15) is 18.4 Å². The van der Waals surface area contributed by atoms with Crippen molar-refractivity contribution in [2.24, 2.45) is 0 Å². The van der Waals surface area contributed by atoms with Crippen LogP contribution in [0.2, 0.25) is 0 Å². The zero-order chi connectivity index (χ0) is 18.2. The summed E-state index contributed by atoms with van der Waals surface area (Å²) in [5, 5.41) is 21.3. The van der Waals surface area contributed by atoms with Gasteiger partial charge >= 0.3 is 5.97 Å². The summed E-state index contributed by atoms with van der Waals surface area (Å²) in [6.45, 7) is 0.0750. The molecule has 0 radical (unpaired) electrons. The largest absolute Gasteiger partial charge is 0.479 e. The quantitative estimate of drug-likeness (QED) is 0.378. The maximum Gasteiger partial charge on any atom is 0.333 e. The molecular weight excluding hydrogens is 335 g/mol. The van der Waals surface area contributed by atoms with Gasteiger partial charge in [-0.25, -0.2) is 10.3 Å². The lowest BCUT2D eigenvalue weighted by Crippen LogP contribution is -2.43. The first kappa shape index (κ1) is 19.1. The third-order valence-corrected chi connectivity index (χ3v) is 3.87. The third-order valence-electron chi connectivity index (χ3n) is 3.87. The minimum Gasteiger partial charge on any atom is -0.479 e. The lowest BCUT2D eigenvalue weighted by atomic mass is 10.0. The number of aliphatic hydroxyl groups excluding tert-OH is 1. The Labute approximate surface area is 143 Å². The van der Waals surface area contributed by atoms with Gasteiger partial charge < -0.3 is 25.0 Å². The summed E-state index contributed by atoms with van der Waals surface area (Å²) < 4.78 is 23.1. The van der Waals surface area contributed by atoms with Crippen LogP contribution >= 0.6 is 0 Å². The molecule has 25 heavy (non-hydrogen) atoms. The maximum atomic E-state index is 12.3. The van der Waals surface area contributed by atoms with E-state index < -0.39 is 24.5 Å². The number of amides is 1. The SMILES string of the molecule is O=CNC(COC1CC(O)CC(C(=O)O)O1)Cc1ccc(NF)cc1. The van der Waals surface area contributed by atoms with Gasteiger partial charge in [-0.2, -0.15) is 0 Å². The van der Waals surface area contributed by atoms with Crippen molar-refractivity contribution in [3.05, 3.63) is 29.8 Å². The normalized spacial score (nSPS) is 24.3. The molecule has 1 fully saturated rings. The fraction of sp³-hybridized carbons (Fsp3) is 0.500. The summed E-state index contributed by atoms with van der Waals surface area (Å²) in [6, 6.07) is 6.16. The molecule has 9 heteroatoms. The molecule has 1 aromatic carbocycles. The standard InChI is InChI=1S/C16H21FN2O6/c17-19-11-3-1-10(2-4-11)5-12(18-9-20)8-24-15-7-13(21)6-14(25-15)16(22)23/h1-4,9,12-15,19,21H,5-8H2,(H,18,20)(H,22,23). The number of carbonyl (C=O) groups excluding carboxylic acids is 1. The number of benzene rings is 1. The Hall–Kier alpha value is -2.23. The van der Waals surface area contributed by atoms with Gasteiger partial charge in [-0.15, -0.1) is 4.48 Å². The molecule has 1 aromatic rings. The molecule has 0 bridgehead atoms. The van der Waals surface area contributed by atoms with E-state index in [0.717, 1.165) is 5.56 Å². The van der Waals surface area contributed by atoms with Crippen LogP contribution in [-0.2, 0) is 25.5 Å². The van der Waals surface area contributed by atoms with Gasteiger partial charge in [0.2, 0.25) is 6.41 Å². The summed E-state index contributed by atoms with van der Waals surface area (Å²) in [7, 11) is 0. The summed E-state index contributed by atoms with van der Waals surface area (Å²) in [5.74, 6) is -1.16. The number of aliphatic carboxylic acids is 1.